The molecule has 1 saturated heterocycles. The standard InChI is InChI=1S/C26H27N7O3/c1-15-23(16(2)36-31-15)17-4-6-18(7-5-17)26(35)33-9-8-21(14-33)30-25(34)22-10-19(11-28-24(22)27)20-12-29-32(3)13-20/h4-7,10-13,21H,8-9,14H2,1-3H3,(H2,27,28)(H,30,34)/t21-/m1/s1. The van der Waals surface area contributed by atoms with E-state index in [1.165, 1.54) is 0 Å². The maximum absolute atomic E-state index is 13.1. The molecule has 0 unspecified atom stereocenters. The van der Waals surface area contributed by atoms with Gasteiger partial charge >= 0.3 is 0 Å². The average molecular weight is 486 g/mol. The maximum Gasteiger partial charge on any atom is 0.255 e. The van der Waals surface area contributed by atoms with Gasteiger partial charge in [-0.2, -0.15) is 5.10 Å². The van der Waals surface area contributed by atoms with Crippen LogP contribution in [0.5, 0.6) is 0 Å². The monoisotopic (exact) mass is 485 g/mol. The van der Waals surface area contributed by atoms with Gasteiger partial charge in [-0.3, -0.25) is 14.3 Å². The van der Waals surface area contributed by atoms with Crippen LogP contribution in [0.2, 0.25) is 0 Å². The van der Waals surface area contributed by atoms with Crippen LogP contribution in [0.25, 0.3) is 22.3 Å². The molecule has 184 valence electrons. The molecule has 0 saturated carbocycles. The Labute approximate surface area is 208 Å². The minimum absolute atomic E-state index is 0.0724. The molecule has 1 atom stereocenters. The molecule has 0 bridgehead atoms. The van der Waals surface area contributed by atoms with Crippen molar-refractivity contribution in [2.45, 2.75) is 26.3 Å². The molecule has 4 aromatic rings. The van der Waals surface area contributed by atoms with Crippen molar-refractivity contribution in [2.75, 3.05) is 18.8 Å². The lowest BCUT2D eigenvalue weighted by molar-refractivity contribution is 0.0783. The molecule has 3 N–H and O–H groups in total. The Balaban J connectivity index is 1.24. The molecule has 1 fully saturated rings. The van der Waals surface area contributed by atoms with Gasteiger partial charge < -0.3 is 20.5 Å². The molecule has 2 amide bonds. The predicted octanol–water partition coefficient (Wildman–Crippen LogP) is 2.98. The Morgan fingerprint density at radius 2 is 1.89 bits per heavy atom. The number of hydrogen-bond donors (Lipinski definition) is 2. The van der Waals surface area contributed by atoms with Crippen molar-refractivity contribution >= 4 is 17.6 Å². The summed E-state index contributed by atoms with van der Waals surface area (Å²) in [6, 6.07) is 8.97. The van der Waals surface area contributed by atoms with Crippen molar-refractivity contribution in [3.63, 3.8) is 0 Å². The number of carbonyl (C=O) groups is 2. The molecule has 10 heteroatoms. The Morgan fingerprint density at radius 3 is 2.56 bits per heavy atom. The molecule has 5 rings (SSSR count). The van der Waals surface area contributed by atoms with Gasteiger partial charge in [0.15, 0.2) is 0 Å². The number of pyridine rings is 1. The molecular formula is C26H27N7O3. The normalized spacial score (nSPS) is 15.3. The van der Waals surface area contributed by atoms with Crippen molar-refractivity contribution in [2.24, 2.45) is 7.05 Å². The van der Waals surface area contributed by atoms with Gasteiger partial charge in [0.1, 0.15) is 11.6 Å². The molecule has 0 aliphatic carbocycles. The van der Waals surface area contributed by atoms with E-state index < -0.39 is 0 Å². The number of rotatable bonds is 5. The number of nitrogens with two attached hydrogens (primary N) is 1. The number of nitrogens with one attached hydrogen (secondary N) is 1. The average Bonchev–Trinajstić information content (AvgIpc) is 3.60. The predicted molar refractivity (Wildman–Crippen MR) is 134 cm³/mol. The number of nitrogens with zero attached hydrogens (tertiary/aromatic N) is 5. The number of likely N-dealkylation sites (tertiary alicyclic amines) is 1. The number of hydrogen-bond acceptors (Lipinski definition) is 7. The minimum atomic E-state index is -0.311. The quantitative estimate of drug-likeness (QED) is 0.444. The maximum atomic E-state index is 13.1. The number of benzene rings is 1. The van der Waals surface area contributed by atoms with Gasteiger partial charge in [-0.15, -0.1) is 0 Å². The molecule has 1 aliphatic rings. The highest BCUT2D eigenvalue weighted by atomic mass is 16.5. The highest BCUT2D eigenvalue weighted by Gasteiger charge is 2.29. The zero-order valence-electron chi connectivity index (χ0n) is 20.4. The summed E-state index contributed by atoms with van der Waals surface area (Å²) in [6.07, 6.45) is 5.83. The second kappa shape index (κ2) is 9.29. The van der Waals surface area contributed by atoms with E-state index in [4.69, 9.17) is 10.3 Å². The highest BCUT2D eigenvalue weighted by Crippen LogP contribution is 2.27. The van der Waals surface area contributed by atoms with Crippen LogP contribution in [0.3, 0.4) is 0 Å². The van der Waals surface area contributed by atoms with Crippen LogP contribution in [-0.4, -0.2) is 55.8 Å². The molecule has 0 radical (unpaired) electrons. The zero-order valence-corrected chi connectivity index (χ0v) is 20.4. The zero-order chi connectivity index (χ0) is 25.4. The molecule has 3 aromatic heterocycles. The fourth-order valence-corrected chi connectivity index (χ4v) is 4.57. The molecule has 1 aromatic carbocycles. The van der Waals surface area contributed by atoms with Gasteiger partial charge in [0.05, 0.1) is 17.5 Å². The topological polar surface area (TPSA) is 132 Å². The number of aromatic nitrogens is 4. The van der Waals surface area contributed by atoms with Crippen LogP contribution < -0.4 is 11.1 Å². The summed E-state index contributed by atoms with van der Waals surface area (Å²) >= 11 is 0. The SMILES string of the molecule is Cc1noc(C)c1-c1ccc(C(=O)N2CC[C@@H](NC(=O)c3cc(-c4cnn(C)c4)cnc3N)C2)cc1. The van der Waals surface area contributed by atoms with Crippen molar-refractivity contribution in [3.05, 3.63) is 71.5 Å². The fraction of sp³-hybridized carbons (Fsp3) is 0.269. The van der Waals surface area contributed by atoms with Crippen molar-refractivity contribution < 1.29 is 14.1 Å². The number of anilines is 1. The molecule has 36 heavy (non-hydrogen) atoms. The van der Waals surface area contributed by atoms with Crippen LogP contribution in [0.15, 0.2) is 53.4 Å². The Kier molecular flexibility index (Phi) is 6.01. The lowest BCUT2D eigenvalue weighted by Gasteiger charge is -2.18. The second-order valence-electron chi connectivity index (χ2n) is 9.05. The molecule has 1 aliphatic heterocycles. The van der Waals surface area contributed by atoms with Crippen LogP contribution in [-0.2, 0) is 7.05 Å². The van der Waals surface area contributed by atoms with E-state index in [-0.39, 0.29) is 23.7 Å². The van der Waals surface area contributed by atoms with Gasteiger partial charge in [0.25, 0.3) is 11.8 Å². The largest absolute Gasteiger partial charge is 0.383 e. The van der Waals surface area contributed by atoms with Crippen LogP contribution >= 0.6 is 0 Å². The summed E-state index contributed by atoms with van der Waals surface area (Å²) in [4.78, 5) is 32.0. The van der Waals surface area contributed by atoms with E-state index in [0.29, 0.717) is 30.6 Å². The van der Waals surface area contributed by atoms with Gasteiger partial charge in [-0.25, -0.2) is 4.98 Å². The Bertz CT molecular complexity index is 1420. The summed E-state index contributed by atoms with van der Waals surface area (Å²) in [5.74, 6) is 0.515. The molecule has 4 heterocycles. The van der Waals surface area contributed by atoms with Gasteiger partial charge in [-0.1, -0.05) is 17.3 Å². The number of carbonyl (C=O) groups excluding carboxylic acids is 2. The van der Waals surface area contributed by atoms with Crippen LogP contribution in [0, 0.1) is 13.8 Å². The van der Waals surface area contributed by atoms with E-state index in [9.17, 15) is 9.59 Å². The first-order valence-electron chi connectivity index (χ1n) is 11.7. The summed E-state index contributed by atoms with van der Waals surface area (Å²) in [5.41, 5.74) is 11.2. The van der Waals surface area contributed by atoms with E-state index in [1.54, 1.807) is 28.0 Å². The van der Waals surface area contributed by atoms with Crippen LogP contribution in [0.4, 0.5) is 5.82 Å². The van der Waals surface area contributed by atoms with E-state index in [2.05, 4.69) is 20.6 Å². The number of amides is 2. The van der Waals surface area contributed by atoms with Gasteiger partial charge in [0.2, 0.25) is 0 Å². The summed E-state index contributed by atoms with van der Waals surface area (Å²) in [7, 11) is 1.82. The Morgan fingerprint density at radius 1 is 1.11 bits per heavy atom. The first-order chi connectivity index (χ1) is 17.3. The van der Waals surface area contributed by atoms with Gasteiger partial charge in [-0.05, 0) is 44.0 Å². The third-order valence-corrected chi connectivity index (χ3v) is 6.47. The third kappa shape index (κ3) is 4.45. The summed E-state index contributed by atoms with van der Waals surface area (Å²) < 4.78 is 6.93. The van der Waals surface area contributed by atoms with Crippen molar-refractivity contribution in [1.29, 1.82) is 0 Å². The molecular weight excluding hydrogens is 458 g/mol. The van der Waals surface area contributed by atoms with E-state index >= 15 is 0 Å². The summed E-state index contributed by atoms with van der Waals surface area (Å²) in [6.45, 7) is 4.74. The second-order valence-corrected chi connectivity index (χ2v) is 9.05. The first-order valence-corrected chi connectivity index (χ1v) is 11.7. The number of nitrogen functional groups attached to an aromatic ring is 1. The van der Waals surface area contributed by atoms with Crippen molar-refractivity contribution in [1.82, 2.24) is 30.1 Å². The van der Waals surface area contributed by atoms with E-state index in [0.717, 1.165) is 33.7 Å². The van der Waals surface area contributed by atoms with Gasteiger partial charge in [0, 0.05) is 60.8 Å². The van der Waals surface area contributed by atoms with Crippen LogP contribution in [0.1, 0.15) is 38.6 Å². The number of aryl methyl sites for hydroxylation is 3. The third-order valence-electron chi connectivity index (χ3n) is 6.47. The lowest BCUT2D eigenvalue weighted by Crippen LogP contribution is -2.38. The minimum Gasteiger partial charge on any atom is -0.383 e. The molecule has 0 spiro atoms. The van der Waals surface area contributed by atoms with Crippen molar-refractivity contribution in [3.8, 4) is 22.3 Å². The summed E-state index contributed by atoms with van der Waals surface area (Å²) in [5, 5.41) is 11.2. The Hall–Kier alpha value is -4.47. The lowest BCUT2D eigenvalue weighted by atomic mass is 10.0. The van der Waals surface area contributed by atoms with E-state index in [1.807, 2.05) is 51.4 Å². The first kappa shape index (κ1) is 23.3. The fourth-order valence-electron chi connectivity index (χ4n) is 4.57. The highest BCUT2D eigenvalue weighted by molar-refractivity contribution is 6.00. The molecule has 10 nitrogen and oxygen atoms in total. The smallest absolute Gasteiger partial charge is 0.255 e.